The van der Waals surface area contributed by atoms with Gasteiger partial charge in [0.15, 0.2) is 6.54 Å². The Morgan fingerprint density at radius 3 is 2.60 bits per heavy atom. The van der Waals surface area contributed by atoms with E-state index in [1.54, 1.807) is 18.2 Å². The van der Waals surface area contributed by atoms with Crippen molar-refractivity contribution in [2.75, 3.05) is 25.0 Å². The molecule has 1 amide bonds. The highest BCUT2D eigenvalue weighted by molar-refractivity contribution is 6.36. The Balaban J connectivity index is 1.92. The summed E-state index contributed by atoms with van der Waals surface area (Å²) in [6.07, 6.45) is 0.362. The summed E-state index contributed by atoms with van der Waals surface area (Å²) in [4.78, 5) is 13.3. The molecule has 110 valence electrons. The monoisotopic (exact) mass is 317 g/mol. The second-order valence-corrected chi connectivity index (χ2v) is 6.11. The number of nitrogens with one attached hydrogen (secondary N) is 2. The zero-order valence-electron chi connectivity index (χ0n) is 11.6. The summed E-state index contributed by atoms with van der Waals surface area (Å²) in [5.74, 6) is -0.0504. The lowest BCUT2D eigenvalue weighted by atomic mass is 10.2. The van der Waals surface area contributed by atoms with Crippen molar-refractivity contribution >= 4 is 34.8 Å². The maximum Gasteiger partial charge on any atom is 0.279 e. The molecule has 1 heterocycles. The van der Waals surface area contributed by atoms with Crippen LogP contribution in [0.3, 0.4) is 0 Å². The van der Waals surface area contributed by atoms with Crippen LogP contribution in [0, 0.1) is 0 Å². The minimum atomic E-state index is -0.0504. The average molecular weight is 318 g/mol. The molecule has 1 aliphatic heterocycles. The molecule has 0 spiro atoms. The molecule has 0 aliphatic carbocycles. The topological polar surface area (TPSA) is 42.8 Å². The normalized spacial score (nSPS) is 26.3. The summed E-state index contributed by atoms with van der Waals surface area (Å²) >= 11 is 11.9. The average Bonchev–Trinajstić information content (AvgIpc) is 2.31. The van der Waals surface area contributed by atoms with Crippen molar-refractivity contribution in [2.45, 2.75) is 26.1 Å². The molecule has 1 aromatic carbocycles. The lowest BCUT2D eigenvalue weighted by Crippen LogP contribution is -3.16. The number of amides is 1. The van der Waals surface area contributed by atoms with E-state index in [1.807, 2.05) is 13.8 Å². The van der Waals surface area contributed by atoms with Crippen molar-refractivity contribution in [1.29, 1.82) is 0 Å². The number of hydrogen-bond acceptors (Lipinski definition) is 2. The van der Waals surface area contributed by atoms with Gasteiger partial charge in [-0.3, -0.25) is 4.79 Å². The molecule has 0 saturated carbocycles. The molecule has 1 aliphatic rings. The van der Waals surface area contributed by atoms with Crippen LogP contribution in [0.1, 0.15) is 13.8 Å². The van der Waals surface area contributed by atoms with Crippen LogP contribution < -0.4 is 10.2 Å². The second-order valence-electron chi connectivity index (χ2n) is 5.26. The van der Waals surface area contributed by atoms with Crippen molar-refractivity contribution in [3.05, 3.63) is 28.2 Å². The van der Waals surface area contributed by atoms with E-state index < -0.39 is 0 Å². The van der Waals surface area contributed by atoms with Gasteiger partial charge in [-0.25, -0.2) is 0 Å². The lowest BCUT2D eigenvalue weighted by molar-refractivity contribution is -0.907. The van der Waals surface area contributed by atoms with Crippen molar-refractivity contribution in [3.63, 3.8) is 0 Å². The third-order valence-corrected chi connectivity index (χ3v) is 3.78. The van der Waals surface area contributed by atoms with Crippen molar-refractivity contribution in [1.82, 2.24) is 0 Å². The zero-order chi connectivity index (χ0) is 14.7. The molecule has 0 aromatic heterocycles. The van der Waals surface area contributed by atoms with Gasteiger partial charge in [0, 0.05) is 5.02 Å². The predicted octanol–water partition coefficient (Wildman–Crippen LogP) is 1.62. The summed E-state index contributed by atoms with van der Waals surface area (Å²) in [5.41, 5.74) is 0.592. The highest BCUT2D eigenvalue weighted by atomic mass is 35.5. The number of ether oxygens (including phenoxy) is 1. The highest BCUT2D eigenvalue weighted by Crippen LogP contribution is 2.25. The molecule has 20 heavy (non-hydrogen) atoms. The highest BCUT2D eigenvalue weighted by Gasteiger charge is 2.27. The van der Waals surface area contributed by atoms with Gasteiger partial charge in [0.1, 0.15) is 25.3 Å². The van der Waals surface area contributed by atoms with Gasteiger partial charge in [0.05, 0.1) is 10.7 Å². The SMILES string of the molecule is C[C@@H]1C[NH+](CC(=O)Nc2ccc(Cl)cc2Cl)C[C@@H](C)O1. The fraction of sp³-hybridized carbons (Fsp3) is 0.500. The number of halogens is 2. The minimum Gasteiger partial charge on any atom is -0.364 e. The molecule has 1 saturated heterocycles. The fourth-order valence-electron chi connectivity index (χ4n) is 2.55. The van der Waals surface area contributed by atoms with Crippen LogP contribution in [0.5, 0.6) is 0 Å². The van der Waals surface area contributed by atoms with Crippen LogP contribution in [0.25, 0.3) is 0 Å². The molecule has 0 bridgehead atoms. The third kappa shape index (κ3) is 4.35. The van der Waals surface area contributed by atoms with Gasteiger partial charge >= 0.3 is 0 Å². The van der Waals surface area contributed by atoms with E-state index in [0.29, 0.717) is 22.3 Å². The Morgan fingerprint density at radius 1 is 1.35 bits per heavy atom. The molecule has 2 rings (SSSR count). The number of hydrogen-bond donors (Lipinski definition) is 2. The van der Waals surface area contributed by atoms with Crippen molar-refractivity contribution in [2.24, 2.45) is 0 Å². The van der Waals surface area contributed by atoms with Crippen molar-refractivity contribution in [3.8, 4) is 0 Å². The summed E-state index contributed by atoms with van der Waals surface area (Å²) in [6, 6.07) is 5.03. The Labute approximate surface area is 129 Å². The number of morpholine rings is 1. The number of anilines is 1. The minimum absolute atomic E-state index is 0.0504. The molecule has 2 N–H and O–H groups in total. The molecular formula is C14H19Cl2N2O2+. The number of quaternary nitrogens is 1. The standard InChI is InChI=1S/C14H18Cl2N2O2/c1-9-6-18(7-10(2)20-9)8-14(19)17-13-4-3-11(15)5-12(13)16/h3-5,9-10H,6-8H2,1-2H3,(H,17,19)/p+1/t9-,10-/m1/s1. The molecule has 2 atom stereocenters. The Hall–Kier alpha value is -0.810. The van der Waals surface area contributed by atoms with Gasteiger partial charge in [0.25, 0.3) is 5.91 Å². The van der Waals surface area contributed by atoms with Crippen molar-refractivity contribution < 1.29 is 14.4 Å². The molecule has 4 nitrogen and oxygen atoms in total. The molecule has 6 heteroatoms. The molecule has 0 radical (unpaired) electrons. The van der Waals surface area contributed by atoms with E-state index in [2.05, 4.69) is 5.32 Å². The van der Waals surface area contributed by atoms with Gasteiger partial charge in [-0.15, -0.1) is 0 Å². The largest absolute Gasteiger partial charge is 0.364 e. The van der Waals surface area contributed by atoms with Gasteiger partial charge < -0.3 is 15.0 Å². The number of benzene rings is 1. The summed E-state index contributed by atoms with van der Waals surface area (Å²) < 4.78 is 5.66. The predicted molar refractivity (Wildman–Crippen MR) is 80.7 cm³/mol. The van der Waals surface area contributed by atoms with Gasteiger partial charge in [-0.05, 0) is 32.0 Å². The van der Waals surface area contributed by atoms with E-state index in [4.69, 9.17) is 27.9 Å². The second kappa shape index (κ2) is 6.76. The summed E-state index contributed by atoms with van der Waals surface area (Å²) in [5, 5.41) is 3.82. The number of carbonyl (C=O) groups excluding carboxylic acids is 1. The number of carbonyl (C=O) groups is 1. The smallest absolute Gasteiger partial charge is 0.279 e. The Morgan fingerprint density at radius 2 is 2.00 bits per heavy atom. The van der Waals surface area contributed by atoms with E-state index in [9.17, 15) is 4.79 Å². The summed E-state index contributed by atoms with van der Waals surface area (Å²) in [6.45, 7) is 6.16. The third-order valence-electron chi connectivity index (χ3n) is 3.23. The first-order valence-electron chi connectivity index (χ1n) is 6.68. The van der Waals surface area contributed by atoms with E-state index in [1.165, 1.54) is 4.90 Å². The summed E-state index contributed by atoms with van der Waals surface area (Å²) in [7, 11) is 0. The molecular weight excluding hydrogens is 299 g/mol. The van der Waals surface area contributed by atoms with E-state index >= 15 is 0 Å². The number of rotatable bonds is 3. The zero-order valence-corrected chi connectivity index (χ0v) is 13.1. The first-order valence-corrected chi connectivity index (χ1v) is 7.43. The Kier molecular flexibility index (Phi) is 5.27. The van der Waals surface area contributed by atoms with E-state index in [-0.39, 0.29) is 18.1 Å². The van der Waals surface area contributed by atoms with Gasteiger partial charge in [-0.2, -0.15) is 0 Å². The van der Waals surface area contributed by atoms with Crippen LogP contribution in [-0.4, -0.2) is 37.7 Å². The van der Waals surface area contributed by atoms with Crippen LogP contribution in [0.15, 0.2) is 18.2 Å². The molecule has 1 fully saturated rings. The maximum atomic E-state index is 12.1. The van der Waals surface area contributed by atoms with Gasteiger partial charge in [-0.1, -0.05) is 23.2 Å². The molecule has 0 unspecified atom stereocenters. The molecule has 1 aromatic rings. The van der Waals surface area contributed by atoms with Crippen LogP contribution in [0.4, 0.5) is 5.69 Å². The van der Waals surface area contributed by atoms with Crippen LogP contribution in [-0.2, 0) is 9.53 Å². The lowest BCUT2D eigenvalue weighted by Gasteiger charge is -2.31. The van der Waals surface area contributed by atoms with E-state index in [0.717, 1.165) is 13.1 Å². The van der Waals surface area contributed by atoms with Gasteiger partial charge in [0.2, 0.25) is 0 Å². The first-order chi connectivity index (χ1) is 9.44. The fourth-order valence-corrected chi connectivity index (χ4v) is 3.00. The van der Waals surface area contributed by atoms with Crippen LogP contribution in [0.2, 0.25) is 10.0 Å². The quantitative estimate of drug-likeness (QED) is 0.889. The Bertz CT molecular complexity index is 486. The van der Waals surface area contributed by atoms with Crippen LogP contribution >= 0.6 is 23.2 Å². The first kappa shape index (κ1) is 15.6. The maximum absolute atomic E-state index is 12.1.